The SMILES string of the molecule is CC(c1ccc(Cl)cc1)N(C)C(=O)CN1C(=O)C2CC=CCC2C1=O. The molecule has 0 aromatic heterocycles. The molecule has 3 atom stereocenters. The summed E-state index contributed by atoms with van der Waals surface area (Å²) in [4.78, 5) is 40.3. The van der Waals surface area contributed by atoms with Crippen LogP contribution in [0.15, 0.2) is 36.4 Å². The molecule has 3 unspecified atom stereocenters. The molecular weight excluding hydrogens is 340 g/mol. The Morgan fingerprint density at radius 3 is 2.20 bits per heavy atom. The highest BCUT2D eigenvalue weighted by Gasteiger charge is 2.47. The molecule has 3 rings (SSSR count). The van der Waals surface area contributed by atoms with Crippen molar-refractivity contribution in [3.05, 3.63) is 47.0 Å². The maximum absolute atomic E-state index is 12.6. The van der Waals surface area contributed by atoms with Crippen LogP contribution in [0.3, 0.4) is 0 Å². The van der Waals surface area contributed by atoms with Gasteiger partial charge in [-0.05, 0) is 37.5 Å². The van der Waals surface area contributed by atoms with Crippen molar-refractivity contribution in [2.45, 2.75) is 25.8 Å². The fraction of sp³-hybridized carbons (Fsp3) is 0.421. The van der Waals surface area contributed by atoms with Crippen LogP contribution in [-0.2, 0) is 14.4 Å². The van der Waals surface area contributed by atoms with E-state index in [4.69, 9.17) is 11.6 Å². The van der Waals surface area contributed by atoms with Crippen LogP contribution in [0.5, 0.6) is 0 Å². The summed E-state index contributed by atoms with van der Waals surface area (Å²) in [5, 5.41) is 0.634. The zero-order valence-electron chi connectivity index (χ0n) is 14.3. The highest BCUT2D eigenvalue weighted by atomic mass is 35.5. The van der Waals surface area contributed by atoms with Crippen LogP contribution in [0.25, 0.3) is 0 Å². The number of likely N-dealkylation sites (N-methyl/N-ethyl adjacent to an activating group) is 1. The number of likely N-dealkylation sites (tertiary alicyclic amines) is 1. The fourth-order valence-corrected chi connectivity index (χ4v) is 3.58. The van der Waals surface area contributed by atoms with E-state index < -0.39 is 0 Å². The van der Waals surface area contributed by atoms with Gasteiger partial charge in [-0.3, -0.25) is 19.3 Å². The van der Waals surface area contributed by atoms with E-state index in [1.165, 1.54) is 0 Å². The van der Waals surface area contributed by atoms with Crippen molar-refractivity contribution in [3.8, 4) is 0 Å². The Balaban J connectivity index is 1.68. The lowest BCUT2D eigenvalue weighted by atomic mass is 9.85. The number of halogens is 1. The smallest absolute Gasteiger partial charge is 0.242 e. The highest BCUT2D eigenvalue weighted by molar-refractivity contribution is 6.30. The minimum atomic E-state index is -0.302. The topological polar surface area (TPSA) is 57.7 Å². The Labute approximate surface area is 152 Å². The molecule has 0 radical (unpaired) electrons. The van der Waals surface area contributed by atoms with Crippen LogP contribution in [0.1, 0.15) is 31.4 Å². The number of benzene rings is 1. The maximum Gasteiger partial charge on any atom is 0.242 e. The molecule has 0 saturated carbocycles. The molecule has 1 heterocycles. The lowest BCUT2D eigenvalue weighted by molar-refractivity contribution is -0.146. The largest absolute Gasteiger partial charge is 0.337 e. The first kappa shape index (κ1) is 17.7. The van der Waals surface area contributed by atoms with E-state index in [-0.39, 0.29) is 42.1 Å². The second kappa shape index (κ2) is 7.00. The first-order valence-corrected chi connectivity index (χ1v) is 8.79. The Kier molecular flexibility index (Phi) is 4.95. The molecule has 1 aromatic rings. The summed E-state index contributed by atoms with van der Waals surface area (Å²) in [6.45, 7) is 1.71. The molecule has 1 saturated heterocycles. The summed E-state index contributed by atoms with van der Waals surface area (Å²) in [6, 6.07) is 7.10. The van der Waals surface area contributed by atoms with Gasteiger partial charge in [0.05, 0.1) is 17.9 Å². The van der Waals surface area contributed by atoms with Crippen molar-refractivity contribution < 1.29 is 14.4 Å². The molecule has 0 N–H and O–H groups in total. The number of carbonyl (C=O) groups is 3. The summed E-state index contributed by atoms with van der Waals surface area (Å²) < 4.78 is 0. The number of hydrogen-bond donors (Lipinski definition) is 0. The fourth-order valence-electron chi connectivity index (χ4n) is 3.45. The Morgan fingerprint density at radius 1 is 1.16 bits per heavy atom. The van der Waals surface area contributed by atoms with Crippen LogP contribution < -0.4 is 0 Å². The molecule has 132 valence electrons. The molecule has 1 aliphatic heterocycles. The number of fused-ring (bicyclic) bond motifs is 1. The molecule has 1 aliphatic carbocycles. The third-order valence-electron chi connectivity index (χ3n) is 5.22. The number of carbonyl (C=O) groups excluding carboxylic acids is 3. The first-order valence-electron chi connectivity index (χ1n) is 8.41. The molecule has 3 amide bonds. The number of imide groups is 1. The lowest BCUT2D eigenvalue weighted by Crippen LogP contribution is -2.42. The molecule has 0 bridgehead atoms. The number of hydrogen-bond acceptors (Lipinski definition) is 3. The van der Waals surface area contributed by atoms with Gasteiger partial charge in [-0.25, -0.2) is 0 Å². The molecule has 1 fully saturated rings. The number of amides is 3. The van der Waals surface area contributed by atoms with E-state index >= 15 is 0 Å². The van der Waals surface area contributed by atoms with Crippen molar-refractivity contribution >= 4 is 29.3 Å². The van der Waals surface area contributed by atoms with E-state index in [2.05, 4.69) is 0 Å². The number of allylic oxidation sites excluding steroid dienone is 2. The normalized spacial score (nSPS) is 23.6. The molecule has 5 nitrogen and oxygen atoms in total. The van der Waals surface area contributed by atoms with Crippen molar-refractivity contribution in [2.75, 3.05) is 13.6 Å². The van der Waals surface area contributed by atoms with Crippen molar-refractivity contribution in [1.82, 2.24) is 9.80 Å². The van der Waals surface area contributed by atoms with E-state index in [1.807, 2.05) is 31.2 Å². The van der Waals surface area contributed by atoms with E-state index in [9.17, 15) is 14.4 Å². The van der Waals surface area contributed by atoms with E-state index in [1.54, 1.807) is 24.1 Å². The monoisotopic (exact) mass is 360 g/mol. The lowest BCUT2D eigenvalue weighted by Gasteiger charge is -2.27. The molecular formula is C19H21ClN2O3. The molecule has 25 heavy (non-hydrogen) atoms. The Bertz CT molecular complexity index is 703. The standard InChI is InChI=1S/C19H21ClN2O3/c1-12(13-7-9-14(20)10-8-13)21(2)17(23)11-22-18(24)15-5-3-4-6-16(15)19(22)25/h3-4,7-10,12,15-16H,5-6,11H2,1-2H3. The zero-order chi connectivity index (χ0) is 18.1. The second-order valence-corrected chi connectivity index (χ2v) is 7.09. The van der Waals surface area contributed by atoms with Gasteiger partial charge in [-0.2, -0.15) is 0 Å². The van der Waals surface area contributed by atoms with Gasteiger partial charge in [0.25, 0.3) is 0 Å². The van der Waals surface area contributed by atoms with Crippen molar-refractivity contribution in [2.24, 2.45) is 11.8 Å². The van der Waals surface area contributed by atoms with Crippen LogP contribution in [-0.4, -0.2) is 41.1 Å². The number of nitrogens with zero attached hydrogens (tertiary/aromatic N) is 2. The van der Waals surface area contributed by atoms with Crippen LogP contribution in [0, 0.1) is 11.8 Å². The summed E-state index contributed by atoms with van der Waals surface area (Å²) in [7, 11) is 1.68. The van der Waals surface area contributed by atoms with E-state index in [0.717, 1.165) is 10.5 Å². The van der Waals surface area contributed by atoms with Gasteiger partial charge < -0.3 is 4.90 Å². The molecule has 1 aromatic carbocycles. The second-order valence-electron chi connectivity index (χ2n) is 6.65. The summed E-state index contributed by atoms with van der Waals surface area (Å²) in [6.07, 6.45) is 5.03. The van der Waals surface area contributed by atoms with Crippen molar-refractivity contribution in [1.29, 1.82) is 0 Å². The van der Waals surface area contributed by atoms with Gasteiger partial charge in [0.1, 0.15) is 6.54 Å². The van der Waals surface area contributed by atoms with Gasteiger partial charge in [0.15, 0.2) is 0 Å². The quantitative estimate of drug-likeness (QED) is 0.612. The average Bonchev–Trinajstić information content (AvgIpc) is 2.86. The maximum atomic E-state index is 12.6. The molecule has 6 heteroatoms. The highest BCUT2D eigenvalue weighted by Crippen LogP contribution is 2.35. The zero-order valence-corrected chi connectivity index (χ0v) is 15.1. The van der Waals surface area contributed by atoms with Gasteiger partial charge in [0.2, 0.25) is 17.7 Å². The van der Waals surface area contributed by atoms with Gasteiger partial charge in [-0.1, -0.05) is 35.9 Å². The minimum absolute atomic E-state index is 0.179. The molecule has 0 spiro atoms. The van der Waals surface area contributed by atoms with E-state index in [0.29, 0.717) is 17.9 Å². The van der Waals surface area contributed by atoms with Gasteiger partial charge >= 0.3 is 0 Å². The Hall–Kier alpha value is -2.14. The van der Waals surface area contributed by atoms with Gasteiger partial charge in [0, 0.05) is 12.1 Å². The summed E-state index contributed by atoms with van der Waals surface area (Å²) >= 11 is 5.90. The first-order chi connectivity index (χ1) is 11.9. The predicted octanol–water partition coefficient (Wildman–Crippen LogP) is 2.81. The Morgan fingerprint density at radius 2 is 1.68 bits per heavy atom. The third-order valence-corrected chi connectivity index (χ3v) is 5.47. The van der Waals surface area contributed by atoms with Gasteiger partial charge in [-0.15, -0.1) is 0 Å². The number of rotatable bonds is 4. The third kappa shape index (κ3) is 3.33. The predicted molar refractivity (Wildman–Crippen MR) is 94.7 cm³/mol. The summed E-state index contributed by atoms with van der Waals surface area (Å²) in [5.41, 5.74) is 0.942. The average molecular weight is 361 g/mol. The summed E-state index contributed by atoms with van der Waals surface area (Å²) in [5.74, 6) is -1.30. The van der Waals surface area contributed by atoms with Crippen LogP contribution in [0.2, 0.25) is 5.02 Å². The molecule has 2 aliphatic rings. The van der Waals surface area contributed by atoms with Crippen LogP contribution in [0.4, 0.5) is 0 Å². The van der Waals surface area contributed by atoms with Crippen molar-refractivity contribution in [3.63, 3.8) is 0 Å². The minimum Gasteiger partial charge on any atom is -0.337 e. The van der Waals surface area contributed by atoms with Crippen LogP contribution >= 0.6 is 11.6 Å².